The van der Waals surface area contributed by atoms with Gasteiger partial charge in [0.1, 0.15) is 5.82 Å². The summed E-state index contributed by atoms with van der Waals surface area (Å²) in [7, 11) is 0. The molecule has 0 fully saturated rings. The lowest BCUT2D eigenvalue weighted by Gasteiger charge is -2.07. The lowest BCUT2D eigenvalue weighted by molar-refractivity contribution is 0.0986. The molecular formula is C21H19N5O2S. The summed E-state index contributed by atoms with van der Waals surface area (Å²) in [6, 6.07) is 12.9. The first-order valence-corrected chi connectivity index (χ1v) is 9.90. The van der Waals surface area contributed by atoms with E-state index in [4.69, 9.17) is 5.73 Å². The summed E-state index contributed by atoms with van der Waals surface area (Å²) in [5, 5.41) is 0. The van der Waals surface area contributed by atoms with Gasteiger partial charge in [-0.1, -0.05) is 0 Å². The van der Waals surface area contributed by atoms with Gasteiger partial charge in [-0.25, -0.2) is 9.78 Å². The Morgan fingerprint density at radius 3 is 2.55 bits per heavy atom. The average molecular weight is 405 g/mol. The van der Waals surface area contributed by atoms with Crippen LogP contribution in [-0.2, 0) is 6.42 Å². The number of aromatic nitrogens is 4. The number of hydrogen-bond acceptors (Lipinski definition) is 6. The van der Waals surface area contributed by atoms with Gasteiger partial charge in [0.05, 0.1) is 22.6 Å². The molecule has 0 bridgehead atoms. The van der Waals surface area contributed by atoms with Crippen molar-refractivity contribution < 1.29 is 4.79 Å². The lowest BCUT2D eigenvalue weighted by atomic mass is 10.1. The monoisotopic (exact) mass is 405 g/mol. The highest BCUT2D eigenvalue weighted by Crippen LogP contribution is 2.18. The van der Waals surface area contributed by atoms with E-state index in [9.17, 15) is 9.59 Å². The molecule has 0 saturated carbocycles. The van der Waals surface area contributed by atoms with Gasteiger partial charge in [0, 0.05) is 29.4 Å². The Bertz CT molecular complexity index is 1220. The molecule has 0 radical (unpaired) electrons. The van der Waals surface area contributed by atoms with Crippen LogP contribution >= 0.6 is 11.3 Å². The quantitative estimate of drug-likeness (QED) is 0.497. The van der Waals surface area contributed by atoms with E-state index in [-0.39, 0.29) is 11.6 Å². The third kappa shape index (κ3) is 4.17. The van der Waals surface area contributed by atoms with Crippen LogP contribution in [0.15, 0.2) is 66.0 Å². The van der Waals surface area contributed by atoms with Crippen LogP contribution in [0.2, 0.25) is 0 Å². The maximum atomic E-state index is 12.3. The van der Waals surface area contributed by atoms with Crippen LogP contribution in [0.3, 0.4) is 0 Å². The number of Topliss-reactive ketones (excluding diaryl/α,β-unsaturated/α-hetero) is 1. The van der Waals surface area contributed by atoms with Crippen LogP contribution in [0, 0.1) is 6.92 Å². The Morgan fingerprint density at radius 2 is 1.86 bits per heavy atom. The highest BCUT2D eigenvalue weighted by Gasteiger charge is 2.10. The predicted molar refractivity (Wildman–Crippen MR) is 113 cm³/mol. The first-order valence-electron chi connectivity index (χ1n) is 9.08. The van der Waals surface area contributed by atoms with Crippen molar-refractivity contribution in [3.63, 3.8) is 0 Å². The third-order valence-corrected chi connectivity index (χ3v) is 5.55. The average Bonchev–Trinajstić information content (AvgIpc) is 3.36. The van der Waals surface area contributed by atoms with Gasteiger partial charge < -0.3 is 10.3 Å². The molecule has 0 aliphatic heterocycles. The number of imidazole rings is 1. The number of carbonyl (C=O) groups is 1. The first-order chi connectivity index (χ1) is 14.0. The third-order valence-electron chi connectivity index (χ3n) is 4.51. The number of thiophene rings is 1. The Morgan fingerprint density at radius 1 is 1.10 bits per heavy atom. The summed E-state index contributed by atoms with van der Waals surface area (Å²) in [5.41, 5.74) is 7.57. The van der Waals surface area contributed by atoms with Crippen molar-refractivity contribution in [2.75, 3.05) is 5.73 Å². The molecule has 7 nitrogen and oxygen atoms in total. The molecule has 146 valence electrons. The number of aryl methyl sites for hydroxylation is 2. The van der Waals surface area contributed by atoms with Crippen LogP contribution in [0.25, 0.3) is 11.4 Å². The number of rotatable bonds is 6. The molecule has 0 unspecified atom stereocenters. The first kappa shape index (κ1) is 18.8. The molecule has 0 saturated heterocycles. The molecular weight excluding hydrogens is 386 g/mol. The number of nitrogen functional groups attached to an aromatic ring is 1. The van der Waals surface area contributed by atoms with E-state index < -0.39 is 5.69 Å². The summed E-state index contributed by atoms with van der Waals surface area (Å²) < 4.78 is 3.32. The number of anilines is 1. The second kappa shape index (κ2) is 7.84. The molecule has 3 aromatic heterocycles. The van der Waals surface area contributed by atoms with Gasteiger partial charge in [0.2, 0.25) is 0 Å². The van der Waals surface area contributed by atoms with Crippen LogP contribution < -0.4 is 11.4 Å². The lowest BCUT2D eigenvalue weighted by Crippen LogP contribution is -2.21. The van der Waals surface area contributed by atoms with Crippen LogP contribution in [-0.4, -0.2) is 24.9 Å². The second-order valence-corrected chi connectivity index (χ2v) is 7.92. The van der Waals surface area contributed by atoms with Crippen molar-refractivity contribution in [3.05, 3.63) is 87.1 Å². The van der Waals surface area contributed by atoms with E-state index in [0.717, 1.165) is 21.1 Å². The maximum absolute atomic E-state index is 12.3. The fourth-order valence-electron chi connectivity index (χ4n) is 2.98. The molecule has 8 heteroatoms. The fraction of sp³-hybridized carbons (Fsp3) is 0.143. The topological polar surface area (TPSA) is 95.8 Å². The van der Waals surface area contributed by atoms with Gasteiger partial charge in [-0.2, -0.15) is 4.98 Å². The molecule has 2 N–H and O–H groups in total. The Hall–Kier alpha value is -3.52. The normalized spacial score (nSPS) is 10.9. The minimum absolute atomic E-state index is 0.143. The standard InChI is InChI=1S/C21H19N5O2S/c1-14-2-9-19(29-14)18(27)8-3-15-12-25(13-23-15)16-4-6-17(7-5-16)26-11-10-20(22)24-21(26)28/h2,4-7,9-13H,3,8H2,1H3,(H2,22,24,28). The summed E-state index contributed by atoms with van der Waals surface area (Å²) in [6.45, 7) is 1.99. The molecule has 0 spiro atoms. The van der Waals surface area contributed by atoms with Crippen molar-refractivity contribution in [3.8, 4) is 11.4 Å². The minimum Gasteiger partial charge on any atom is -0.383 e. The number of benzene rings is 1. The van der Waals surface area contributed by atoms with E-state index in [1.807, 2.05) is 54.1 Å². The summed E-state index contributed by atoms with van der Waals surface area (Å²) in [6.07, 6.45) is 6.26. The molecule has 0 amide bonds. The highest BCUT2D eigenvalue weighted by atomic mass is 32.1. The molecule has 29 heavy (non-hydrogen) atoms. The molecule has 0 aliphatic rings. The zero-order chi connectivity index (χ0) is 20.4. The van der Waals surface area contributed by atoms with Crippen LogP contribution in [0.5, 0.6) is 0 Å². The van der Waals surface area contributed by atoms with Crippen LogP contribution in [0.4, 0.5) is 5.82 Å². The molecule has 1 aromatic carbocycles. The van der Waals surface area contributed by atoms with Gasteiger partial charge >= 0.3 is 5.69 Å². The minimum atomic E-state index is -0.423. The number of carbonyl (C=O) groups excluding carboxylic acids is 1. The smallest absolute Gasteiger partial charge is 0.354 e. The summed E-state index contributed by atoms with van der Waals surface area (Å²) in [5.74, 6) is 0.339. The number of ketones is 1. The second-order valence-electron chi connectivity index (χ2n) is 6.63. The number of nitrogens with two attached hydrogens (primary N) is 1. The van der Waals surface area contributed by atoms with Gasteiger partial charge in [0.15, 0.2) is 5.78 Å². The van der Waals surface area contributed by atoms with E-state index in [1.165, 1.54) is 15.9 Å². The predicted octanol–water partition coefficient (Wildman–Crippen LogP) is 3.19. The summed E-state index contributed by atoms with van der Waals surface area (Å²) in [4.78, 5) is 34.3. The molecule has 4 rings (SSSR count). The van der Waals surface area contributed by atoms with E-state index in [1.54, 1.807) is 18.6 Å². The Kier molecular flexibility index (Phi) is 5.09. The number of hydrogen-bond donors (Lipinski definition) is 1. The maximum Gasteiger partial charge on any atom is 0.354 e. The van der Waals surface area contributed by atoms with E-state index in [2.05, 4.69) is 9.97 Å². The van der Waals surface area contributed by atoms with Gasteiger partial charge in [-0.15, -0.1) is 11.3 Å². The largest absolute Gasteiger partial charge is 0.383 e. The van der Waals surface area contributed by atoms with Crippen LogP contribution in [0.1, 0.15) is 26.7 Å². The van der Waals surface area contributed by atoms with Gasteiger partial charge in [-0.3, -0.25) is 9.36 Å². The molecule has 3 heterocycles. The SMILES string of the molecule is Cc1ccc(C(=O)CCc2cn(-c3ccc(-n4ccc(N)nc4=O)cc3)cn2)s1. The van der Waals surface area contributed by atoms with Crippen molar-refractivity contribution in [2.24, 2.45) is 0 Å². The Balaban J connectivity index is 1.45. The highest BCUT2D eigenvalue weighted by molar-refractivity contribution is 7.14. The zero-order valence-electron chi connectivity index (χ0n) is 15.8. The van der Waals surface area contributed by atoms with Crippen molar-refractivity contribution in [1.29, 1.82) is 0 Å². The Labute approximate surface area is 171 Å². The van der Waals surface area contributed by atoms with Crippen molar-refractivity contribution in [2.45, 2.75) is 19.8 Å². The number of nitrogens with zero attached hydrogens (tertiary/aromatic N) is 4. The van der Waals surface area contributed by atoms with Crippen molar-refractivity contribution >= 4 is 22.9 Å². The zero-order valence-corrected chi connectivity index (χ0v) is 16.6. The van der Waals surface area contributed by atoms with Crippen molar-refractivity contribution in [1.82, 2.24) is 19.1 Å². The summed E-state index contributed by atoms with van der Waals surface area (Å²) >= 11 is 1.52. The fourth-order valence-corrected chi connectivity index (χ4v) is 3.82. The molecule has 0 aliphatic carbocycles. The van der Waals surface area contributed by atoms with Gasteiger partial charge in [-0.05, 0) is 55.8 Å². The van der Waals surface area contributed by atoms with E-state index >= 15 is 0 Å². The van der Waals surface area contributed by atoms with E-state index in [0.29, 0.717) is 18.5 Å². The molecule has 4 aromatic rings. The molecule has 0 atom stereocenters. The van der Waals surface area contributed by atoms with Gasteiger partial charge in [0.25, 0.3) is 0 Å².